The van der Waals surface area contributed by atoms with Crippen molar-refractivity contribution >= 4 is 21.8 Å². The first-order valence-corrected chi connectivity index (χ1v) is 8.64. The van der Waals surface area contributed by atoms with E-state index in [1.54, 1.807) is 29.2 Å². The van der Waals surface area contributed by atoms with Gasteiger partial charge in [-0.2, -0.15) is 0 Å². The average Bonchev–Trinajstić information content (AvgIpc) is 3.16. The molecule has 7 heteroatoms. The molecule has 0 radical (unpaired) electrons. The molecule has 3 aromatic rings. The molecule has 126 valence electrons. The predicted molar refractivity (Wildman–Crippen MR) is 94.1 cm³/mol. The standard InChI is InChI=1S/C18H14BrFN4O/c19-14-6-5-11(9-15(14)20)13-10-16(13)22-18(25)12-3-1-2-4-17(12)24-8-7-21-23-24/h1-9,13,16H,10H2,(H,22,25)/t13-,16+/m0/s1. The number of carbonyl (C=O) groups excluding carboxylic acids is 1. The van der Waals surface area contributed by atoms with Gasteiger partial charge in [0.05, 0.1) is 28.1 Å². The fourth-order valence-corrected chi connectivity index (χ4v) is 3.16. The van der Waals surface area contributed by atoms with Crippen molar-refractivity contribution in [3.63, 3.8) is 0 Å². The Morgan fingerprint density at radius 2 is 2.12 bits per heavy atom. The molecule has 0 saturated heterocycles. The molecule has 1 heterocycles. The highest BCUT2D eigenvalue weighted by Crippen LogP contribution is 2.41. The number of nitrogens with zero attached hydrogens (tertiary/aromatic N) is 3. The van der Waals surface area contributed by atoms with E-state index >= 15 is 0 Å². The molecular formula is C18H14BrFN4O. The third-order valence-electron chi connectivity index (χ3n) is 4.30. The van der Waals surface area contributed by atoms with E-state index in [4.69, 9.17) is 0 Å². The second kappa shape index (κ2) is 6.40. The molecule has 1 amide bonds. The van der Waals surface area contributed by atoms with Crippen molar-refractivity contribution in [2.45, 2.75) is 18.4 Å². The normalized spacial score (nSPS) is 18.8. The first-order valence-electron chi connectivity index (χ1n) is 7.85. The van der Waals surface area contributed by atoms with Gasteiger partial charge in [0.15, 0.2) is 0 Å². The molecule has 1 aliphatic carbocycles. The predicted octanol–water partition coefficient (Wildman–Crippen LogP) is 3.45. The minimum absolute atomic E-state index is 0.0110. The summed E-state index contributed by atoms with van der Waals surface area (Å²) in [4.78, 5) is 12.7. The maximum Gasteiger partial charge on any atom is 0.253 e. The third-order valence-corrected chi connectivity index (χ3v) is 4.94. The quantitative estimate of drug-likeness (QED) is 0.729. The molecule has 2 aromatic carbocycles. The number of nitrogens with one attached hydrogen (secondary N) is 1. The van der Waals surface area contributed by atoms with E-state index in [0.717, 1.165) is 12.0 Å². The average molecular weight is 401 g/mol. The van der Waals surface area contributed by atoms with Gasteiger partial charge < -0.3 is 5.32 Å². The number of halogens is 2. The van der Waals surface area contributed by atoms with Crippen LogP contribution in [0, 0.1) is 5.82 Å². The molecule has 0 aliphatic heterocycles. The summed E-state index contributed by atoms with van der Waals surface area (Å²) in [6, 6.07) is 12.3. The van der Waals surface area contributed by atoms with E-state index in [2.05, 4.69) is 31.6 Å². The summed E-state index contributed by atoms with van der Waals surface area (Å²) < 4.78 is 15.7. The topological polar surface area (TPSA) is 59.8 Å². The van der Waals surface area contributed by atoms with Gasteiger partial charge in [-0.25, -0.2) is 9.07 Å². The monoisotopic (exact) mass is 400 g/mol. The van der Waals surface area contributed by atoms with Crippen molar-refractivity contribution in [2.24, 2.45) is 0 Å². The summed E-state index contributed by atoms with van der Waals surface area (Å²) in [5.41, 5.74) is 2.10. The number of para-hydroxylation sites is 1. The Bertz CT molecular complexity index is 929. The molecule has 5 nitrogen and oxygen atoms in total. The van der Waals surface area contributed by atoms with Crippen molar-refractivity contribution in [1.82, 2.24) is 20.3 Å². The Hall–Kier alpha value is -2.54. The summed E-state index contributed by atoms with van der Waals surface area (Å²) in [6.07, 6.45) is 4.06. The zero-order chi connectivity index (χ0) is 17.4. The minimum atomic E-state index is -0.286. The van der Waals surface area contributed by atoms with Crippen molar-refractivity contribution in [3.05, 3.63) is 76.3 Å². The van der Waals surface area contributed by atoms with E-state index in [0.29, 0.717) is 15.7 Å². The van der Waals surface area contributed by atoms with E-state index in [1.807, 2.05) is 24.3 Å². The molecule has 1 saturated carbocycles. The molecule has 1 N–H and O–H groups in total. The second-order valence-electron chi connectivity index (χ2n) is 5.96. The van der Waals surface area contributed by atoms with E-state index in [1.165, 1.54) is 6.07 Å². The Labute approximate surface area is 152 Å². The van der Waals surface area contributed by atoms with Crippen LogP contribution in [0.15, 0.2) is 59.3 Å². The SMILES string of the molecule is O=C(N[C@@H]1C[C@H]1c1ccc(Br)c(F)c1)c1ccccc1-n1ccnn1. The second-order valence-corrected chi connectivity index (χ2v) is 6.81. The lowest BCUT2D eigenvalue weighted by molar-refractivity contribution is 0.0950. The number of hydrogen-bond acceptors (Lipinski definition) is 3. The van der Waals surface area contributed by atoms with Crippen LogP contribution in [0.25, 0.3) is 5.69 Å². The molecular weight excluding hydrogens is 387 g/mol. The zero-order valence-electron chi connectivity index (χ0n) is 13.1. The summed E-state index contributed by atoms with van der Waals surface area (Å²) in [7, 11) is 0. The highest BCUT2D eigenvalue weighted by atomic mass is 79.9. The fraction of sp³-hybridized carbons (Fsp3) is 0.167. The molecule has 25 heavy (non-hydrogen) atoms. The van der Waals surface area contributed by atoms with Crippen LogP contribution in [0.2, 0.25) is 0 Å². The Morgan fingerprint density at radius 1 is 1.28 bits per heavy atom. The number of amides is 1. The van der Waals surface area contributed by atoms with Gasteiger partial charge in [0.25, 0.3) is 5.91 Å². The van der Waals surface area contributed by atoms with Crippen LogP contribution in [0.3, 0.4) is 0 Å². The maximum absolute atomic E-state index is 13.7. The first kappa shape index (κ1) is 16.0. The zero-order valence-corrected chi connectivity index (χ0v) is 14.6. The molecule has 1 aliphatic rings. The van der Waals surface area contributed by atoms with Gasteiger partial charge in [-0.05, 0) is 52.2 Å². The number of rotatable bonds is 4. The number of aromatic nitrogens is 3. The molecule has 4 rings (SSSR count). The first-order chi connectivity index (χ1) is 12.1. The van der Waals surface area contributed by atoms with Gasteiger partial charge in [-0.1, -0.05) is 23.4 Å². The van der Waals surface area contributed by atoms with Crippen LogP contribution in [0.5, 0.6) is 0 Å². The van der Waals surface area contributed by atoms with Gasteiger partial charge in [-0.3, -0.25) is 4.79 Å². The lowest BCUT2D eigenvalue weighted by atomic mass is 10.1. The van der Waals surface area contributed by atoms with Crippen molar-refractivity contribution in [3.8, 4) is 5.69 Å². The van der Waals surface area contributed by atoms with Crippen LogP contribution in [-0.2, 0) is 0 Å². The lowest BCUT2D eigenvalue weighted by Crippen LogP contribution is -2.27. The Kier molecular flexibility index (Phi) is 4.09. The van der Waals surface area contributed by atoms with Crippen LogP contribution in [-0.4, -0.2) is 26.9 Å². The van der Waals surface area contributed by atoms with E-state index < -0.39 is 0 Å². The van der Waals surface area contributed by atoms with Gasteiger partial charge in [-0.15, -0.1) is 5.10 Å². The fourth-order valence-electron chi connectivity index (χ4n) is 2.91. The van der Waals surface area contributed by atoms with Gasteiger partial charge in [0.2, 0.25) is 0 Å². The van der Waals surface area contributed by atoms with E-state index in [-0.39, 0.29) is 23.7 Å². The lowest BCUT2D eigenvalue weighted by Gasteiger charge is -2.10. The maximum atomic E-state index is 13.7. The van der Waals surface area contributed by atoms with Gasteiger partial charge in [0.1, 0.15) is 5.82 Å². The molecule has 1 aromatic heterocycles. The highest BCUT2D eigenvalue weighted by molar-refractivity contribution is 9.10. The number of hydrogen-bond donors (Lipinski definition) is 1. The third kappa shape index (κ3) is 3.19. The van der Waals surface area contributed by atoms with Crippen LogP contribution in [0.4, 0.5) is 4.39 Å². The van der Waals surface area contributed by atoms with Crippen LogP contribution >= 0.6 is 15.9 Å². The molecule has 0 bridgehead atoms. The molecule has 2 atom stereocenters. The van der Waals surface area contributed by atoms with Crippen molar-refractivity contribution in [1.29, 1.82) is 0 Å². The molecule has 0 spiro atoms. The minimum Gasteiger partial charge on any atom is -0.349 e. The van der Waals surface area contributed by atoms with Crippen molar-refractivity contribution < 1.29 is 9.18 Å². The largest absolute Gasteiger partial charge is 0.349 e. The van der Waals surface area contributed by atoms with Gasteiger partial charge >= 0.3 is 0 Å². The Balaban J connectivity index is 1.50. The summed E-state index contributed by atoms with van der Waals surface area (Å²) in [5.74, 6) is -0.313. The number of carbonyl (C=O) groups is 1. The summed E-state index contributed by atoms with van der Waals surface area (Å²) in [6.45, 7) is 0. The number of benzene rings is 2. The highest BCUT2D eigenvalue weighted by Gasteiger charge is 2.40. The molecule has 0 unspecified atom stereocenters. The summed E-state index contributed by atoms with van der Waals surface area (Å²) in [5, 5.41) is 10.7. The van der Waals surface area contributed by atoms with Crippen LogP contribution < -0.4 is 5.32 Å². The van der Waals surface area contributed by atoms with Gasteiger partial charge in [0, 0.05) is 12.0 Å². The molecule has 1 fully saturated rings. The van der Waals surface area contributed by atoms with E-state index in [9.17, 15) is 9.18 Å². The smallest absolute Gasteiger partial charge is 0.253 e. The van der Waals surface area contributed by atoms with Crippen molar-refractivity contribution in [2.75, 3.05) is 0 Å². The van der Waals surface area contributed by atoms with Crippen LogP contribution in [0.1, 0.15) is 28.3 Å². The summed E-state index contributed by atoms with van der Waals surface area (Å²) >= 11 is 3.15. The Morgan fingerprint density at radius 3 is 2.88 bits per heavy atom.